The standard InChI is InChI=1S/C12H15N5O2S/c13-11-3-1-10(2-4-11)12-14-15-16-17(12)7-9-5-6-20(18,19)8-9/h1-4,9H,5-8,13H2. The third-order valence-electron chi connectivity index (χ3n) is 3.46. The molecule has 1 aliphatic rings. The first-order valence-electron chi connectivity index (χ1n) is 6.36. The third kappa shape index (κ3) is 2.64. The summed E-state index contributed by atoms with van der Waals surface area (Å²) in [6, 6.07) is 7.27. The van der Waals surface area contributed by atoms with Crippen molar-refractivity contribution in [1.82, 2.24) is 20.2 Å². The molecular weight excluding hydrogens is 278 g/mol. The molecule has 3 rings (SSSR count). The molecule has 7 nitrogen and oxygen atoms in total. The molecular formula is C12H15N5O2S. The number of hydrogen-bond acceptors (Lipinski definition) is 6. The minimum atomic E-state index is -2.88. The third-order valence-corrected chi connectivity index (χ3v) is 5.30. The molecule has 0 saturated carbocycles. The predicted octanol–water partition coefficient (Wildman–Crippen LogP) is 0.357. The molecule has 2 N–H and O–H groups in total. The predicted molar refractivity (Wildman–Crippen MR) is 74.4 cm³/mol. The summed E-state index contributed by atoms with van der Waals surface area (Å²) in [6.45, 7) is 0.520. The van der Waals surface area contributed by atoms with E-state index in [1.165, 1.54) is 0 Å². The van der Waals surface area contributed by atoms with Crippen molar-refractivity contribution >= 4 is 15.5 Å². The molecule has 1 atom stereocenters. The van der Waals surface area contributed by atoms with Crippen LogP contribution >= 0.6 is 0 Å². The van der Waals surface area contributed by atoms with Gasteiger partial charge in [0, 0.05) is 17.8 Å². The highest BCUT2D eigenvalue weighted by Gasteiger charge is 2.29. The number of aromatic nitrogens is 4. The molecule has 1 fully saturated rings. The van der Waals surface area contributed by atoms with Gasteiger partial charge >= 0.3 is 0 Å². The molecule has 0 spiro atoms. The summed E-state index contributed by atoms with van der Waals surface area (Å²) in [5, 5.41) is 11.6. The molecule has 0 aliphatic carbocycles. The van der Waals surface area contributed by atoms with E-state index in [9.17, 15) is 8.42 Å². The van der Waals surface area contributed by atoms with Gasteiger partial charge in [0.1, 0.15) is 0 Å². The maximum absolute atomic E-state index is 11.5. The Morgan fingerprint density at radius 1 is 1.30 bits per heavy atom. The van der Waals surface area contributed by atoms with Gasteiger partial charge in [0.15, 0.2) is 15.7 Å². The average molecular weight is 293 g/mol. The van der Waals surface area contributed by atoms with Crippen molar-refractivity contribution < 1.29 is 8.42 Å². The fraction of sp³-hybridized carbons (Fsp3) is 0.417. The van der Waals surface area contributed by atoms with Crippen molar-refractivity contribution in [3.63, 3.8) is 0 Å². The summed E-state index contributed by atoms with van der Waals surface area (Å²) >= 11 is 0. The Balaban J connectivity index is 1.82. The Morgan fingerprint density at radius 3 is 2.70 bits per heavy atom. The molecule has 1 saturated heterocycles. The maximum Gasteiger partial charge on any atom is 0.182 e. The summed E-state index contributed by atoms with van der Waals surface area (Å²) in [6.07, 6.45) is 0.670. The smallest absolute Gasteiger partial charge is 0.182 e. The topological polar surface area (TPSA) is 104 Å². The second kappa shape index (κ2) is 4.86. The number of nitrogens with two attached hydrogens (primary N) is 1. The average Bonchev–Trinajstić information content (AvgIpc) is 2.98. The van der Waals surface area contributed by atoms with E-state index >= 15 is 0 Å². The first-order valence-corrected chi connectivity index (χ1v) is 8.18. The van der Waals surface area contributed by atoms with Crippen molar-refractivity contribution in [3.05, 3.63) is 24.3 Å². The van der Waals surface area contributed by atoms with Crippen molar-refractivity contribution in [2.75, 3.05) is 17.2 Å². The molecule has 1 aliphatic heterocycles. The highest BCUT2D eigenvalue weighted by molar-refractivity contribution is 7.91. The van der Waals surface area contributed by atoms with Crippen LogP contribution in [-0.2, 0) is 16.4 Å². The number of tetrazole rings is 1. The molecule has 8 heteroatoms. The lowest BCUT2D eigenvalue weighted by atomic mass is 10.1. The Hall–Kier alpha value is -1.96. The summed E-state index contributed by atoms with van der Waals surface area (Å²) < 4.78 is 24.6. The first kappa shape index (κ1) is 13.0. The van der Waals surface area contributed by atoms with Crippen LogP contribution in [0.2, 0.25) is 0 Å². The fourth-order valence-electron chi connectivity index (χ4n) is 2.43. The lowest BCUT2D eigenvalue weighted by Gasteiger charge is -2.09. The normalized spacial score (nSPS) is 21.1. The monoisotopic (exact) mass is 293 g/mol. The van der Waals surface area contributed by atoms with Crippen LogP contribution in [0.5, 0.6) is 0 Å². The van der Waals surface area contributed by atoms with E-state index in [4.69, 9.17) is 5.73 Å². The number of anilines is 1. The second-order valence-corrected chi connectivity index (χ2v) is 7.30. The maximum atomic E-state index is 11.5. The number of hydrogen-bond donors (Lipinski definition) is 1. The van der Waals surface area contributed by atoms with Crippen LogP contribution in [0.4, 0.5) is 5.69 Å². The Morgan fingerprint density at radius 2 is 2.05 bits per heavy atom. The molecule has 2 aromatic rings. The molecule has 1 unspecified atom stereocenters. The molecule has 0 bridgehead atoms. The number of sulfone groups is 1. The van der Waals surface area contributed by atoms with Gasteiger partial charge in [-0.15, -0.1) is 5.10 Å². The molecule has 1 aromatic heterocycles. The van der Waals surface area contributed by atoms with Gasteiger partial charge in [-0.1, -0.05) is 0 Å². The van der Waals surface area contributed by atoms with Gasteiger partial charge in [0.05, 0.1) is 11.5 Å². The highest BCUT2D eigenvalue weighted by Crippen LogP contribution is 2.23. The van der Waals surface area contributed by atoms with Crippen LogP contribution in [0.3, 0.4) is 0 Å². The Labute approximate surface area is 116 Å². The van der Waals surface area contributed by atoms with Crippen LogP contribution in [0.15, 0.2) is 24.3 Å². The molecule has 1 aromatic carbocycles. The van der Waals surface area contributed by atoms with Gasteiger partial charge in [0.25, 0.3) is 0 Å². The molecule has 2 heterocycles. The zero-order valence-corrected chi connectivity index (χ0v) is 11.6. The Bertz CT molecular complexity index is 708. The second-order valence-electron chi connectivity index (χ2n) is 5.08. The van der Waals surface area contributed by atoms with Crippen LogP contribution in [-0.4, -0.2) is 40.1 Å². The first-order chi connectivity index (χ1) is 9.53. The van der Waals surface area contributed by atoms with E-state index in [0.717, 1.165) is 5.56 Å². The SMILES string of the molecule is Nc1ccc(-c2nnnn2CC2CCS(=O)(=O)C2)cc1. The van der Waals surface area contributed by atoms with E-state index in [0.29, 0.717) is 24.5 Å². The summed E-state index contributed by atoms with van der Waals surface area (Å²) in [7, 11) is -2.88. The van der Waals surface area contributed by atoms with E-state index in [2.05, 4.69) is 15.5 Å². The van der Waals surface area contributed by atoms with Crippen LogP contribution in [0.1, 0.15) is 6.42 Å². The lowest BCUT2D eigenvalue weighted by Crippen LogP contribution is -2.14. The fourth-order valence-corrected chi connectivity index (χ4v) is 4.28. The highest BCUT2D eigenvalue weighted by atomic mass is 32.2. The number of nitrogen functional groups attached to an aromatic ring is 1. The molecule has 0 radical (unpaired) electrons. The number of nitrogens with zero attached hydrogens (tertiary/aromatic N) is 4. The number of rotatable bonds is 3. The zero-order chi connectivity index (χ0) is 14.2. The van der Waals surface area contributed by atoms with E-state index in [1.54, 1.807) is 16.8 Å². The van der Waals surface area contributed by atoms with Crippen LogP contribution in [0.25, 0.3) is 11.4 Å². The Kier molecular flexibility index (Phi) is 3.17. The van der Waals surface area contributed by atoms with Crippen molar-refractivity contribution in [2.24, 2.45) is 5.92 Å². The van der Waals surface area contributed by atoms with Crippen molar-refractivity contribution in [3.8, 4) is 11.4 Å². The van der Waals surface area contributed by atoms with Crippen LogP contribution < -0.4 is 5.73 Å². The molecule has 0 amide bonds. The van der Waals surface area contributed by atoms with Crippen molar-refractivity contribution in [2.45, 2.75) is 13.0 Å². The molecule has 106 valence electrons. The van der Waals surface area contributed by atoms with Crippen LogP contribution in [0, 0.1) is 5.92 Å². The summed E-state index contributed by atoms with van der Waals surface area (Å²) in [5.74, 6) is 1.19. The van der Waals surface area contributed by atoms with E-state index in [1.807, 2.05) is 12.1 Å². The van der Waals surface area contributed by atoms with E-state index in [-0.39, 0.29) is 17.4 Å². The van der Waals surface area contributed by atoms with E-state index < -0.39 is 9.84 Å². The summed E-state index contributed by atoms with van der Waals surface area (Å²) in [5.41, 5.74) is 7.20. The summed E-state index contributed by atoms with van der Waals surface area (Å²) in [4.78, 5) is 0. The minimum absolute atomic E-state index is 0.0797. The zero-order valence-electron chi connectivity index (χ0n) is 10.8. The lowest BCUT2D eigenvalue weighted by molar-refractivity contribution is 0.452. The van der Waals surface area contributed by atoms with Gasteiger partial charge in [-0.2, -0.15) is 0 Å². The minimum Gasteiger partial charge on any atom is -0.399 e. The van der Waals surface area contributed by atoms with Gasteiger partial charge < -0.3 is 5.73 Å². The molecule has 20 heavy (non-hydrogen) atoms. The van der Waals surface area contributed by atoms with Gasteiger partial charge in [-0.3, -0.25) is 0 Å². The largest absolute Gasteiger partial charge is 0.399 e. The van der Waals surface area contributed by atoms with Crippen molar-refractivity contribution in [1.29, 1.82) is 0 Å². The quantitative estimate of drug-likeness (QED) is 0.819. The van der Waals surface area contributed by atoms with Gasteiger partial charge in [-0.25, -0.2) is 13.1 Å². The number of benzene rings is 1. The van der Waals surface area contributed by atoms with Gasteiger partial charge in [0.2, 0.25) is 0 Å². The van der Waals surface area contributed by atoms with Gasteiger partial charge in [-0.05, 0) is 47.0 Å².